The zero-order valence-electron chi connectivity index (χ0n) is 15.2. The first-order valence-corrected chi connectivity index (χ1v) is 9.15. The van der Waals surface area contributed by atoms with Gasteiger partial charge in [0.1, 0.15) is 11.5 Å². The fraction of sp³-hybridized carbons (Fsp3) is 0.500. The third-order valence-electron chi connectivity index (χ3n) is 5.20. The highest BCUT2D eigenvalue weighted by molar-refractivity contribution is 6.40. The first-order valence-electron chi connectivity index (χ1n) is 9.15. The first-order chi connectivity index (χ1) is 12.7. The smallest absolute Gasteiger partial charge is 0.270 e. The molecule has 1 N–H and O–H groups in total. The van der Waals surface area contributed by atoms with Crippen molar-refractivity contribution >= 4 is 11.6 Å². The van der Waals surface area contributed by atoms with Crippen molar-refractivity contribution in [3.05, 3.63) is 47.9 Å². The van der Waals surface area contributed by atoms with Crippen molar-refractivity contribution in [3.8, 4) is 0 Å². The van der Waals surface area contributed by atoms with Crippen LogP contribution in [0.25, 0.3) is 0 Å². The van der Waals surface area contributed by atoms with E-state index >= 15 is 0 Å². The van der Waals surface area contributed by atoms with Gasteiger partial charge < -0.3 is 10.1 Å². The van der Waals surface area contributed by atoms with Crippen LogP contribution in [0.3, 0.4) is 0 Å². The van der Waals surface area contributed by atoms with Gasteiger partial charge >= 0.3 is 0 Å². The lowest BCUT2D eigenvalue weighted by atomic mass is 9.87. The molecule has 0 bridgehead atoms. The van der Waals surface area contributed by atoms with E-state index in [1.807, 2.05) is 18.2 Å². The molecule has 0 aliphatic carbocycles. The van der Waals surface area contributed by atoms with E-state index in [0.29, 0.717) is 36.7 Å². The number of hydrogen-bond acceptors (Lipinski definition) is 4. The molecule has 0 aromatic heterocycles. The number of methoxy groups -OCH3 is 1. The number of ether oxygens (including phenoxy) is 1. The van der Waals surface area contributed by atoms with Gasteiger partial charge in [-0.3, -0.25) is 14.7 Å². The van der Waals surface area contributed by atoms with Crippen molar-refractivity contribution in [1.82, 2.24) is 10.2 Å². The predicted molar refractivity (Wildman–Crippen MR) is 99.6 cm³/mol. The third kappa shape index (κ3) is 4.77. The summed E-state index contributed by atoms with van der Waals surface area (Å²) in [5.41, 5.74) is 1.29. The minimum absolute atomic E-state index is 0.0109. The normalized spacial score (nSPS) is 20.4. The molecule has 1 amide bonds. The van der Waals surface area contributed by atoms with Crippen LogP contribution in [0.5, 0.6) is 0 Å². The highest BCUT2D eigenvalue weighted by atomic mass is 19.1. The van der Waals surface area contributed by atoms with Crippen LogP contribution in [0.15, 0.2) is 41.5 Å². The molecule has 1 unspecified atom stereocenters. The number of amides is 1. The summed E-state index contributed by atoms with van der Waals surface area (Å²) in [6, 6.07) is 6.90. The van der Waals surface area contributed by atoms with Crippen LogP contribution in [0.4, 0.5) is 4.39 Å². The fourth-order valence-electron chi connectivity index (χ4n) is 3.64. The van der Waals surface area contributed by atoms with Crippen molar-refractivity contribution in [2.75, 3.05) is 33.3 Å². The third-order valence-corrected chi connectivity index (χ3v) is 5.20. The van der Waals surface area contributed by atoms with Crippen LogP contribution in [0.2, 0.25) is 0 Å². The summed E-state index contributed by atoms with van der Waals surface area (Å²) in [5, 5.41) is 2.72. The van der Waals surface area contributed by atoms with E-state index in [4.69, 9.17) is 4.74 Å². The maximum atomic E-state index is 13.9. The number of likely N-dealkylation sites (tertiary alicyclic amines) is 1. The Morgan fingerprint density at radius 1 is 1.35 bits per heavy atom. The molecular weight excluding hydrogens is 333 g/mol. The Morgan fingerprint density at radius 2 is 2.12 bits per heavy atom. The van der Waals surface area contributed by atoms with Gasteiger partial charge in [0.15, 0.2) is 0 Å². The summed E-state index contributed by atoms with van der Waals surface area (Å²) in [7, 11) is 1.70. The predicted octanol–water partition coefficient (Wildman–Crippen LogP) is 2.18. The monoisotopic (exact) mass is 359 g/mol. The average Bonchev–Trinajstić information content (AvgIpc) is 2.86. The molecule has 2 aliphatic heterocycles. The van der Waals surface area contributed by atoms with Gasteiger partial charge in [-0.1, -0.05) is 18.2 Å². The minimum Gasteiger partial charge on any atom is -0.381 e. The number of aliphatic imine (C=N–C) groups is 1. The number of nitrogens with zero attached hydrogens (tertiary/aromatic N) is 2. The SMILES string of the molecule is COC(Cc1ccccc1F)C1CCN(CC2=NCC=CNC2=O)CC1. The summed E-state index contributed by atoms with van der Waals surface area (Å²) in [6.45, 7) is 2.90. The zero-order chi connectivity index (χ0) is 18.4. The van der Waals surface area contributed by atoms with Gasteiger partial charge in [0.25, 0.3) is 5.91 Å². The van der Waals surface area contributed by atoms with E-state index in [1.165, 1.54) is 6.07 Å². The highest BCUT2D eigenvalue weighted by Gasteiger charge is 2.28. The van der Waals surface area contributed by atoms with Gasteiger partial charge in [-0.05, 0) is 49.6 Å². The van der Waals surface area contributed by atoms with Gasteiger partial charge in [-0.2, -0.15) is 0 Å². The molecule has 6 heteroatoms. The summed E-state index contributed by atoms with van der Waals surface area (Å²) >= 11 is 0. The van der Waals surface area contributed by atoms with Gasteiger partial charge in [-0.15, -0.1) is 0 Å². The molecule has 1 atom stereocenters. The summed E-state index contributed by atoms with van der Waals surface area (Å²) < 4.78 is 19.6. The van der Waals surface area contributed by atoms with E-state index in [9.17, 15) is 9.18 Å². The van der Waals surface area contributed by atoms with Gasteiger partial charge in [0, 0.05) is 26.3 Å². The van der Waals surface area contributed by atoms with Crippen LogP contribution in [-0.2, 0) is 16.0 Å². The molecule has 1 saturated heterocycles. The van der Waals surface area contributed by atoms with E-state index in [2.05, 4.69) is 15.2 Å². The molecule has 3 rings (SSSR count). The molecule has 0 spiro atoms. The fourth-order valence-corrected chi connectivity index (χ4v) is 3.64. The summed E-state index contributed by atoms with van der Waals surface area (Å²) in [5.74, 6) is 0.107. The molecule has 0 radical (unpaired) electrons. The molecule has 2 heterocycles. The van der Waals surface area contributed by atoms with Gasteiger partial charge in [0.2, 0.25) is 0 Å². The van der Waals surface area contributed by atoms with Crippen LogP contribution >= 0.6 is 0 Å². The van der Waals surface area contributed by atoms with Crippen LogP contribution in [0, 0.1) is 11.7 Å². The molecule has 26 heavy (non-hydrogen) atoms. The second kappa shape index (κ2) is 9.05. The number of carbonyl (C=O) groups is 1. The van der Waals surface area contributed by atoms with E-state index in [1.54, 1.807) is 19.4 Å². The second-order valence-corrected chi connectivity index (χ2v) is 6.85. The Morgan fingerprint density at radius 3 is 2.85 bits per heavy atom. The second-order valence-electron chi connectivity index (χ2n) is 6.85. The van der Waals surface area contributed by atoms with Crippen LogP contribution < -0.4 is 5.32 Å². The topological polar surface area (TPSA) is 53.9 Å². The minimum atomic E-state index is -0.169. The van der Waals surface area contributed by atoms with Crippen molar-refractivity contribution in [3.63, 3.8) is 0 Å². The van der Waals surface area contributed by atoms with E-state index < -0.39 is 0 Å². The number of nitrogens with one attached hydrogen (secondary N) is 1. The number of benzene rings is 1. The van der Waals surface area contributed by atoms with Crippen molar-refractivity contribution < 1.29 is 13.9 Å². The number of carbonyl (C=O) groups excluding carboxylic acids is 1. The number of rotatable bonds is 6. The lowest BCUT2D eigenvalue weighted by Crippen LogP contribution is -2.44. The standard InChI is InChI=1S/C20H26FN3O2/c1-26-19(13-16-5-2-3-6-17(16)21)15-7-11-24(12-8-15)14-18-20(25)23-10-4-9-22-18/h2-6,10,15,19H,7-9,11-14H2,1H3,(H,23,25). The largest absolute Gasteiger partial charge is 0.381 e. The Balaban J connectivity index is 1.53. The lowest BCUT2D eigenvalue weighted by molar-refractivity contribution is -0.114. The first kappa shape index (κ1) is 18.7. The van der Waals surface area contributed by atoms with E-state index in [0.717, 1.165) is 25.9 Å². The summed E-state index contributed by atoms with van der Waals surface area (Å²) in [4.78, 5) is 18.6. The maximum Gasteiger partial charge on any atom is 0.270 e. The number of halogens is 1. The number of piperidine rings is 1. The Labute approximate surface area is 153 Å². The van der Waals surface area contributed by atoms with Crippen molar-refractivity contribution in [2.45, 2.75) is 25.4 Å². The zero-order valence-corrected chi connectivity index (χ0v) is 15.2. The Hall–Kier alpha value is -2.05. The molecule has 5 nitrogen and oxygen atoms in total. The average molecular weight is 359 g/mol. The molecule has 2 aliphatic rings. The van der Waals surface area contributed by atoms with Crippen LogP contribution in [0.1, 0.15) is 18.4 Å². The summed E-state index contributed by atoms with van der Waals surface area (Å²) in [6.07, 6.45) is 6.03. The highest BCUT2D eigenvalue weighted by Crippen LogP contribution is 2.25. The van der Waals surface area contributed by atoms with Crippen molar-refractivity contribution in [1.29, 1.82) is 0 Å². The molecule has 1 aromatic rings. The molecule has 1 aromatic carbocycles. The van der Waals surface area contributed by atoms with Crippen LogP contribution in [-0.4, -0.2) is 55.9 Å². The quantitative estimate of drug-likeness (QED) is 0.847. The van der Waals surface area contributed by atoms with Gasteiger partial charge in [-0.25, -0.2) is 4.39 Å². The molecule has 140 valence electrons. The molecule has 0 saturated carbocycles. The van der Waals surface area contributed by atoms with Gasteiger partial charge in [0.05, 0.1) is 12.6 Å². The lowest BCUT2D eigenvalue weighted by Gasteiger charge is -2.35. The Kier molecular flexibility index (Phi) is 6.52. The van der Waals surface area contributed by atoms with E-state index in [-0.39, 0.29) is 17.8 Å². The Bertz CT molecular complexity index is 681. The molecular formula is C20H26FN3O2. The molecule has 1 fully saturated rings. The maximum absolute atomic E-state index is 13.9. The van der Waals surface area contributed by atoms with Crippen molar-refractivity contribution in [2.24, 2.45) is 10.9 Å². The number of hydrogen-bond donors (Lipinski definition) is 1.